The average molecular weight is 545 g/mol. The van der Waals surface area contributed by atoms with E-state index in [-0.39, 0.29) is 30.3 Å². The first-order valence-electron chi connectivity index (χ1n) is 14.0. The molecule has 230 valence electrons. The van der Waals surface area contributed by atoms with E-state index in [2.05, 4.69) is 20.8 Å². The van der Waals surface area contributed by atoms with Crippen LogP contribution in [0.3, 0.4) is 0 Å². The number of hydrogen-bond acceptors (Lipinski definition) is 9. The van der Waals surface area contributed by atoms with Crippen LogP contribution >= 0.6 is 0 Å². The minimum atomic E-state index is -1.27. The van der Waals surface area contributed by atoms with Crippen molar-refractivity contribution < 1.29 is 46.0 Å². The molecule has 0 radical (unpaired) electrons. The molecule has 1 aliphatic rings. The van der Waals surface area contributed by atoms with Gasteiger partial charge in [0.1, 0.15) is 12.2 Å². The van der Waals surface area contributed by atoms with Gasteiger partial charge in [-0.05, 0) is 72.1 Å². The van der Waals surface area contributed by atoms with E-state index >= 15 is 0 Å². The molecule has 0 spiro atoms. The number of rotatable bonds is 12. The third-order valence-corrected chi connectivity index (χ3v) is 6.37. The van der Waals surface area contributed by atoms with E-state index in [1.165, 1.54) is 13.3 Å². The molecule has 9 nitrogen and oxygen atoms in total. The summed E-state index contributed by atoms with van der Waals surface area (Å²) in [6.07, 6.45) is 2.26. The van der Waals surface area contributed by atoms with Crippen LogP contribution in [0, 0.1) is 11.3 Å². The molecule has 8 unspecified atom stereocenters. The third kappa shape index (κ3) is 28.5. The van der Waals surface area contributed by atoms with Gasteiger partial charge in [-0.3, -0.25) is 0 Å². The molecule has 37 heavy (non-hydrogen) atoms. The summed E-state index contributed by atoms with van der Waals surface area (Å²) < 4.78 is 0. The molecule has 0 aromatic heterocycles. The molecule has 1 saturated carbocycles. The zero-order chi connectivity index (χ0) is 30.2. The quantitative estimate of drug-likeness (QED) is 0.178. The second-order valence-electron chi connectivity index (χ2n) is 10.3. The first kappa shape index (κ1) is 43.7. The Morgan fingerprint density at radius 2 is 1.08 bits per heavy atom. The minimum Gasteiger partial charge on any atom is -0.396 e. The molecule has 1 aliphatic carbocycles. The summed E-state index contributed by atoms with van der Waals surface area (Å²) in [5.41, 5.74) is -0.0972. The van der Waals surface area contributed by atoms with Gasteiger partial charge in [0.25, 0.3) is 0 Å². The summed E-state index contributed by atoms with van der Waals surface area (Å²) >= 11 is 0. The zero-order valence-corrected chi connectivity index (χ0v) is 25.2. The Labute approximate surface area is 227 Å². The first-order valence-corrected chi connectivity index (χ1v) is 14.0. The van der Waals surface area contributed by atoms with E-state index in [1.54, 1.807) is 20.8 Å². The van der Waals surface area contributed by atoms with Gasteiger partial charge in [-0.2, -0.15) is 0 Å². The van der Waals surface area contributed by atoms with Gasteiger partial charge in [-0.1, -0.05) is 47.5 Å². The molecule has 1 rings (SSSR count). The molecular weight excluding hydrogens is 480 g/mol. The predicted molar refractivity (Wildman–Crippen MR) is 150 cm³/mol. The Morgan fingerprint density at radius 3 is 1.19 bits per heavy atom. The van der Waals surface area contributed by atoms with Gasteiger partial charge in [0.2, 0.25) is 0 Å². The van der Waals surface area contributed by atoms with E-state index in [0.29, 0.717) is 18.9 Å². The van der Waals surface area contributed by atoms with Crippen molar-refractivity contribution in [1.29, 1.82) is 0 Å². The van der Waals surface area contributed by atoms with Crippen LogP contribution < -0.4 is 0 Å². The maximum atomic E-state index is 9.10. The first-order chi connectivity index (χ1) is 17.1. The highest BCUT2D eigenvalue weighted by atomic mass is 16.4. The van der Waals surface area contributed by atoms with Crippen LogP contribution in [0.5, 0.6) is 0 Å². The molecular formula is C28H64O9. The van der Waals surface area contributed by atoms with Gasteiger partial charge in [-0.15, -0.1) is 0 Å². The lowest BCUT2D eigenvalue weighted by molar-refractivity contribution is -0.100. The maximum Gasteiger partial charge on any atom is 0.108 e. The molecule has 0 aromatic carbocycles. The molecule has 9 N–H and O–H groups in total. The van der Waals surface area contributed by atoms with Crippen LogP contribution in [0.4, 0.5) is 0 Å². The fourth-order valence-corrected chi connectivity index (χ4v) is 2.47. The minimum absolute atomic E-state index is 0.0972. The van der Waals surface area contributed by atoms with Crippen molar-refractivity contribution in [2.45, 2.75) is 156 Å². The SMILES string of the molecule is CC(O)C1(CO)CC1.CCC(C)CCO.CCC(C)O.CCC(O)C(O)C(O)C(C)O.CCCC(C)O. The van der Waals surface area contributed by atoms with Gasteiger partial charge in [0, 0.05) is 12.0 Å². The number of aliphatic hydroxyl groups is 9. The van der Waals surface area contributed by atoms with Crippen molar-refractivity contribution in [3.8, 4) is 0 Å². The Balaban J connectivity index is -0.000000189. The van der Waals surface area contributed by atoms with Gasteiger partial charge >= 0.3 is 0 Å². The molecule has 0 amide bonds. The topological polar surface area (TPSA) is 182 Å². The van der Waals surface area contributed by atoms with Crippen molar-refractivity contribution in [3.05, 3.63) is 0 Å². The monoisotopic (exact) mass is 544 g/mol. The smallest absolute Gasteiger partial charge is 0.108 e. The van der Waals surface area contributed by atoms with E-state index in [4.69, 9.17) is 46.0 Å². The molecule has 0 aromatic rings. The maximum absolute atomic E-state index is 9.10. The van der Waals surface area contributed by atoms with Gasteiger partial charge in [0.05, 0.1) is 37.1 Å². The summed E-state index contributed by atoms with van der Waals surface area (Å²) in [5.74, 6) is 0.699. The Morgan fingerprint density at radius 1 is 0.622 bits per heavy atom. The van der Waals surface area contributed by atoms with Crippen LogP contribution in [0.1, 0.15) is 114 Å². The fourth-order valence-electron chi connectivity index (χ4n) is 2.47. The fraction of sp³-hybridized carbons (Fsp3) is 1.00. The molecule has 0 bridgehead atoms. The zero-order valence-electron chi connectivity index (χ0n) is 25.2. The lowest BCUT2D eigenvalue weighted by Crippen LogP contribution is -2.42. The predicted octanol–water partition coefficient (Wildman–Crippen LogP) is 2.36. The van der Waals surface area contributed by atoms with Crippen molar-refractivity contribution in [1.82, 2.24) is 0 Å². The van der Waals surface area contributed by atoms with Crippen LogP contribution in [0.25, 0.3) is 0 Å². The molecule has 0 saturated heterocycles. The lowest BCUT2D eigenvalue weighted by atomic mass is 10.0. The summed E-state index contributed by atoms with van der Waals surface area (Å²) in [7, 11) is 0. The van der Waals surface area contributed by atoms with Crippen LogP contribution in [0.15, 0.2) is 0 Å². The van der Waals surface area contributed by atoms with Crippen molar-refractivity contribution in [3.63, 3.8) is 0 Å². The van der Waals surface area contributed by atoms with Crippen molar-refractivity contribution >= 4 is 0 Å². The standard InChI is InChI=1S/C7H16O4.C6H12O2.C6H14O.C5H12O.C4H10O/c1-3-5(9)7(11)6(10)4(2)8;1-5(8)6(4-7)2-3-6;1-3-6(2)4-5-7;1-3-4-5(2)6;1-3-4(2)5/h4-11H,3H2,1-2H3;5,7-8H,2-4H2,1H3;6-7H,3-5H2,1-2H3;5-6H,3-4H2,1-2H3;4-5H,3H2,1-2H3. The highest BCUT2D eigenvalue weighted by molar-refractivity contribution is 4.96. The summed E-state index contributed by atoms with van der Waals surface area (Å²) in [5, 5.41) is 78.9. The Kier molecular flexibility index (Phi) is 32.1. The van der Waals surface area contributed by atoms with Crippen molar-refractivity contribution in [2.75, 3.05) is 13.2 Å². The molecule has 8 atom stereocenters. The number of aliphatic hydroxyl groups excluding tert-OH is 9. The van der Waals surface area contributed by atoms with Crippen LogP contribution in [0.2, 0.25) is 0 Å². The summed E-state index contributed by atoms with van der Waals surface area (Å²) in [4.78, 5) is 0. The molecule has 0 aliphatic heterocycles. The third-order valence-electron chi connectivity index (χ3n) is 6.37. The molecule has 9 heteroatoms. The van der Waals surface area contributed by atoms with Crippen LogP contribution in [-0.4, -0.2) is 102 Å². The number of hydrogen-bond donors (Lipinski definition) is 9. The second kappa shape index (κ2) is 27.2. The van der Waals surface area contributed by atoms with E-state index in [0.717, 1.165) is 38.5 Å². The molecule has 0 heterocycles. The largest absolute Gasteiger partial charge is 0.396 e. The second-order valence-corrected chi connectivity index (χ2v) is 10.3. The average Bonchev–Trinajstić information content (AvgIpc) is 3.65. The van der Waals surface area contributed by atoms with Crippen LogP contribution in [-0.2, 0) is 0 Å². The summed E-state index contributed by atoms with van der Waals surface area (Å²) in [6, 6.07) is 0. The highest BCUT2D eigenvalue weighted by Gasteiger charge is 2.46. The lowest BCUT2D eigenvalue weighted by Gasteiger charge is -2.23. The Hall–Kier alpha value is -0.360. The van der Waals surface area contributed by atoms with Gasteiger partial charge in [0.15, 0.2) is 0 Å². The Bertz CT molecular complexity index is 441. The van der Waals surface area contributed by atoms with E-state index in [9.17, 15) is 0 Å². The summed E-state index contributed by atoms with van der Waals surface area (Å²) in [6.45, 7) is 17.2. The van der Waals surface area contributed by atoms with Gasteiger partial charge < -0.3 is 46.0 Å². The highest BCUT2D eigenvalue weighted by Crippen LogP contribution is 2.47. The molecule has 1 fully saturated rings. The van der Waals surface area contributed by atoms with Gasteiger partial charge in [-0.25, -0.2) is 0 Å². The van der Waals surface area contributed by atoms with E-state index < -0.39 is 24.4 Å². The van der Waals surface area contributed by atoms with Crippen molar-refractivity contribution in [2.24, 2.45) is 11.3 Å². The van der Waals surface area contributed by atoms with E-state index in [1.807, 2.05) is 13.8 Å². The normalized spacial score (nSPS) is 19.6.